The van der Waals surface area contributed by atoms with E-state index in [0.717, 1.165) is 31.4 Å². The first kappa shape index (κ1) is 16.5. The summed E-state index contributed by atoms with van der Waals surface area (Å²) in [5, 5.41) is 7.31. The zero-order chi connectivity index (χ0) is 15.0. The highest BCUT2D eigenvalue weighted by molar-refractivity contribution is 5.76. The Kier molecular flexibility index (Phi) is 6.52. The first-order valence-electron chi connectivity index (χ1n) is 7.15. The van der Waals surface area contributed by atoms with Crippen molar-refractivity contribution in [3.05, 3.63) is 29.8 Å². The quantitative estimate of drug-likeness (QED) is 0.479. The largest absolute Gasteiger partial charge is 0.497 e. The van der Waals surface area contributed by atoms with Gasteiger partial charge in [-0.05, 0) is 55.3 Å². The van der Waals surface area contributed by atoms with E-state index in [4.69, 9.17) is 21.6 Å². The Morgan fingerprint density at radius 2 is 1.90 bits per heavy atom. The summed E-state index contributed by atoms with van der Waals surface area (Å²) < 4.78 is 5.18. The Morgan fingerprint density at radius 1 is 1.25 bits per heavy atom. The molecule has 0 fully saturated rings. The number of benzene rings is 1. The lowest BCUT2D eigenvalue weighted by Gasteiger charge is -2.29. The molecule has 1 aromatic rings. The molecule has 0 aliphatic heterocycles. The first-order chi connectivity index (χ1) is 9.49. The van der Waals surface area contributed by atoms with E-state index < -0.39 is 0 Å². The lowest BCUT2D eigenvalue weighted by molar-refractivity contribution is 0.269. The van der Waals surface area contributed by atoms with Crippen molar-refractivity contribution < 1.29 is 4.74 Å². The van der Waals surface area contributed by atoms with Crippen LogP contribution < -0.4 is 16.2 Å². The van der Waals surface area contributed by atoms with E-state index in [1.165, 1.54) is 5.56 Å². The van der Waals surface area contributed by atoms with Gasteiger partial charge in [-0.25, -0.2) is 0 Å². The Morgan fingerprint density at radius 3 is 2.40 bits per heavy atom. The van der Waals surface area contributed by atoms with Crippen molar-refractivity contribution in [1.29, 1.82) is 5.41 Å². The van der Waals surface area contributed by atoms with Gasteiger partial charge < -0.3 is 16.2 Å². The Bertz CT molecular complexity index is 416. The highest BCUT2D eigenvalue weighted by Crippen LogP contribution is 2.32. The van der Waals surface area contributed by atoms with Crippen LogP contribution in [-0.2, 0) is 6.42 Å². The number of hydrogen-bond donors (Lipinski definition) is 3. The minimum atomic E-state index is 0.165. The van der Waals surface area contributed by atoms with Gasteiger partial charge in [0.05, 0.1) is 12.9 Å². The molecule has 0 aromatic heterocycles. The molecule has 0 saturated heterocycles. The maximum atomic E-state index is 7.31. The normalized spacial score (nSPS) is 13.8. The highest BCUT2D eigenvalue weighted by Gasteiger charge is 2.23. The molecule has 112 valence electrons. The van der Waals surface area contributed by atoms with Gasteiger partial charge in [0.2, 0.25) is 0 Å². The number of hydrogen-bond acceptors (Lipinski definition) is 3. The molecule has 4 nitrogen and oxygen atoms in total. The van der Waals surface area contributed by atoms with Gasteiger partial charge in [0.15, 0.2) is 0 Å². The minimum Gasteiger partial charge on any atom is -0.497 e. The summed E-state index contributed by atoms with van der Waals surface area (Å²) >= 11 is 0. The molecule has 1 aromatic carbocycles. The second-order valence-electron chi connectivity index (χ2n) is 5.75. The minimum absolute atomic E-state index is 0.165. The molecular weight excluding hydrogens is 250 g/mol. The van der Waals surface area contributed by atoms with Gasteiger partial charge >= 0.3 is 0 Å². The molecule has 0 spiro atoms. The van der Waals surface area contributed by atoms with Crippen molar-refractivity contribution in [2.24, 2.45) is 16.9 Å². The molecule has 0 saturated carbocycles. The standard InChI is InChI=1S/C16H27N3O/c1-16(10-11-17,9-3-4-15(18)19)12-13-5-7-14(20-2)8-6-13/h5-8H,3-4,9-12,17H2,1-2H3,(H3,18,19). The van der Waals surface area contributed by atoms with Crippen molar-refractivity contribution in [3.8, 4) is 5.75 Å². The topological polar surface area (TPSA) is 85.1 Å². The maximum absolute atomic E-state index is 7.31. The molecule has 1 rings (SSSR count). The fourth-order valence-corrected chi connectivity index (χ4v) is 2.59. The molecule has 1 atom stereocenters. The summed E-state index contributed by atoms with van der Waals surface area (Å²) in [6.45, 7) is 2.96. The second kappa shape index (κ2) is 7.90. The third-order valence-corrected chi connectivity index (χ3v) is 3.76. The van der Waals surface area contributed by atoms with E-state index in [0.29, 0.717) is 13.0 Å². The molecule has 5 N–H and O–H groups in total. The second-order valence-corrected chi connectivity index (χ2v) is 5.75. The fraction of sp³-hybridized carbons (Fsp3) is 0.562. The van der Waals surface area contributed by atoms with Gasteiger partial charge in [-0.15, -0.1) is 0 Å². The summed E-state index contributed by atoms with van der Waals surface area (Å²) in [7, 11) is 1.68. The fourth-order valence-electron chi connectivity index (χ4n) is 2.59. The molecule has 0 bridgehead atoms. The van der Waals surface area contributed by atoms with Crippen molar-refractivity contribution in [2.75, 3.05) is 13.7 Å². The Labute approximate surface area is 122 Å². The van der Waals surface area contributed by atoms with Crippen LogP contribution in [0.15, 0.2) is 24.3 Å². The summed E-state index contributed by atoms with van der Waals surface area (Å²) in [4.78, 5) is 0. The Balaban J connectivity index is 2.65. The molecule has 0 amide bonds. The molecule has 4 heteroatoms. The number of amidine groups is 1. The van der Waals surface area contributed by atoms with E-state index >= 15 is 0 Å². The van der Waals surface area contributed by atoms with Crippen LogP contribution in [0.25, 0.3) is 0 Å². The van der Waals surface area contributed by atoms with Crippen molar-refractivity contribution in [1.82, 2.24) is 0 Å². The third-order valence-electron chi connectivity index (χ3n) is 3.76. The van der Waals surface area contributed by atoms with E-state index in [-0.39, 0.29) is 11.3 Å². The molecule has 20 heavy (non-hydrogen) atoms. The van der Waals surface area contributed by atoms with E-state index in [2.05, 4.69) is 19.1 Å². The molecule has 0 heterocycles. The van der Waals surface area contributed by atoms with Crippen molar-refractivity contribution in [2.45, 2.75) is 39.0 Å². The number of methoxy groups -OCH3 is 1. The van der Waals surface area contributed by atoms with Gasteiger partial charge in [-0.1, -0.05) is 19.1 Å². The van der Waals surface area contributed by atoms with Gasteiger partial charge in [0, 0.05) is 6.42 Å². The van der Waals surface area contributed by atoms with Crippen LogP contribution >= 0.6 is 0 Å². The van der Waals surface area contributed by atoms with Crippen LogP contribution in [0.3, 0.4) is 0 Å². The van der Waals surface area contributed by atoms with Crippen LogP contribution in [0, 0.1) is 10.8 Å². The van der Waals surface area contributed by atoms with Gasteiger partial charge in [0.25, 0.3) is 0 Å². The molecular formula is C16H27N3O. The predicted octanol–water partition coefficient (Wildman–Crippen LogP) is 2.70. The SMILES string of the molecule is COc1ccc(CC(C)(CCN)CCCC(=N)N)cc1. The van der Waals surface area contributed by atoms with Crippen LogP contribution in [0.2, 0.25) is 0 Å². The monoisotopic (exact) mass is 277 g/mol. The lowest BCUT2D eigenvalue weighted by atomic mass is 9.76. The summed E-state index contributed by atoms with van der Waals surface area (Å²) in [6, 6.07) is 8.21. The third kappa shape index (κ3) is 5.61. The van der Waals surface area contributed by atoms with E-state index in [1.807, 2.05) is 12.1 Å². The van der Waals surface area contributed by atoms with Crippen LogP contribution in [0.5, 0.6) is 5.75 Å². The average Bonchev–Trinajstić information content (AvgIpc) is 2.39. The smallest absolute Gasteiger partial charge is 0.118 e. The first-order valence-corrected chi connectivity index (χ1v) is 7.15. The van der Waals surface area contributed by atoms with E-state index in [9.17, 15) is 0 Å². The zero-order valence-corrected chi connectivity index (χ0v) is 12.6. The molecule has 0 aliphatic rings. The summed E-state index contributed by atoms with van der Waals surface area (Å²) in [5.41, 5.74) is 12.6. The van der Waals surface area contributed by atoms with Crippen LogP contribution in [0.4, 0.5) is 0 Å². The number of nitrogens with one attached hydrogen (secondary N) is 1. The van der Waals surface area contributed by atoms with Crippen LogP contribution in [-0.4, -0.2) is 19.5 Å². The highest BCUT2D eigenvalue weighted by atomic mass is 16.5. The van der Waals surface area contributed by atoms with E-state index in [1.54, 1.807) is 7.11 Å². The number of nitrogens with two attached hydrogens (primary N) is 2. The lowest BCUT2D eigenvalue weighted by Crippen LogP contribution is -2.24. The van der Waals surface area contributed by atoms with Crippen molar-refractivity contribution >= 4 is 5.84 Å². The van der Waals surface area contributed by atoms with Crippen LogP contribution in [0.1, 0.15) is 38.2 Å². The van der Waals surface area contributed by atoms with Crippen molar-refractivity contribution in [3.63, 3.8) is 0 Å². The summed E-state index contributed by atoms with van der Waals surface area (Å²) in [6.07, 6.45) is 4.63. The predicted molar refractivity (Wildman–Crippen MR) is 84.2 cm³/mol. The average molecular weight is 277 g/mol. The van der Waals surface area contributed by atoms with Gasteiger partial charge in [-0.3, -0.25) is 5.41 Å². The maximum Gasteiger partial charge on any atom is 0.118 e. The molecule has 0 aliphatic carbocycles. The van der Waals surface area contributed by atoms with Gasteiger partial charge in [0.1, 0.15) is 5.75 Å². The van der Waals surface area contributed by atoms with Gasteiger partial charge in [-0.2, -0.15) is 0 Å². The molecule has 0 radical (unpaired) electrons. The Hall–Kier alpha value is -1.55. The molecule has 1 unspecified atom stereocenters. The summed E-state index contributed by atoms with van der Waals surface area (Å²) in [5.74, 6) is 1.15. The number of rotatable bonds is 9. The zero-order valence-electron chi connectivity index (χ0n) is 12.6. The number of ether oxygens (including phenoxy) is 1.